The highest BCUT2D eigenvalue weighted by Gasteiger charge is 2.71. The molecule has 4 bridgehead atoms. The Morgan fingerprint density at radius 3 is 2.00 bits per heavy atom. The second kappa shape index (κ2) is 0.778. The van der Waals surface area contributed by atoms with E-state index < -0.39 is 0 Å². The highest BCUT2D eigenvalue weighted by Crippen LogP contribution is 2.78. The van der Waals surface area contributed by atoms with E-state index in [0.717, 1.165) is 5.41 Å². The predicted molar refractivity (Wildman–Crippen MR) is 32.4 cm³/mol. The molecule has 0 amide bonds. The molecular formula is C8H12. The zero-order valence-electron chi connectivity index (χ0n) is 5.35. The number of hydrogen-bond donors (Lipinski definition) is 0. The Morgan fingerprint density at radius 1 is 1.25 bits per heavy atom. The summed E-state index contributed by atoms with van der Waals surface area (Å²) in [6.07, 6.45) is 4.78. The summed E-state index contributed by atoms with van der Waals surface area (Å²) in [7, 11) is 0. The van der Waals surface area contributed by atoms with Gasteiger partial charge in [-0.25, -0.2) is 0 Å². The van der Waals surface area contributed by atoms with Gasteiger partial charge in [-0.2, -0.15) is 0 Å². The highest BCUT2D eigenvalue weighted by molar-refractivity contribution is 5.20. The zero-order chi connectivity index (χ0) is 5.35. The maximum Gasteiger partial charge on any atom is -0.0261 e. The van der Waals surface area contributed by atoms with Crippen LogP contribution in [0.1, 0.15) is 26.2 Å². The van der Waals surface area contributed by atoms with Crippen molar-refractivity contribution < 1.29 is 0 Å². The fourth-order valence-corrected chi connectivity index (χ4v) is 3.54. The van der Waals surface area contributed by atoms with E-state index in [-0.39, 0.29) is 0 Å². The van der Waals surface area contributed by atoms with E-state index in [1.54, 1.807) is 19.3 Å². The Balaban J connectivity index is 2.16. The summed E-state index contributed by atoms with van der Waals surface area (Å²) in [6.45, 7) is 2.50. The summed E-state index contributed by atoms with van der Waals surface area (Å²) in [6, 6.07) is 0. The van der Waals surface area contributed by atoms with Crippen LogP contribution in [0.4, 0.5) is 0 Å². The monoisotopic (exact) mass is 108 g/mol. The smallest absolute Gasteiger partial charge is 0.0261 e. The first-order valence-electron chi connectivity index (χ1n) is 3.81. The molecule has 0 heterocycles. The van der Waals surface area contributed by atoms with Crippen LogP contribution in [0, 0.1) is 23.2 Å². The van der Waals surface area contributed by atoms with Gasteiger partial charge in [-0.15, -0.1) is 0 Å². The quantitative estimate of drug-likeness (QED) is 0.445. The average molecular weight is 108 g/mol. The van der Waals surface area contributed by atoms with E-state index in [9.17, 15) is 0 Å². The standard InChI is InChI=1S/C8H12/c1-8-4-5-2-6(8)7(8)3-5/h5-7H,2-4H2,1H3/t5?,6-,7?,8?/m1/s1. The minimum absolute atomic E-state index is 0.894. The minimum Gasteiger partial charge on any atom is -0.0591 e. The third kappa shape index (κ3) is 0.206. The van der Waals surface area contributed by atoms with Crippen molar-refractivity contribution in [3.63, 3.8) is 0 Å². The van der Waals surface area contributed by atoms with Crippen molar-refractivity contribution in [2.24, 2.45) is 23.2 Å². The van der Waals surface area contributed by atoms with Crippen molar-refractivity contribution in [3.8, 4) is 0 Å². The lowest BCUT2D eigenvalue weighted by Gasteiger charge is -1.96. The number of hydrogen-bond acceptors (Lipinski definition) is 0. The van der Waals surface area contributed by atoms with Gasteiger partial charge in [0.2, 0.25) is 0 Å². The van der Waals surface area contributed by atoms with Gasteiger partial charge < -0.3 is 0 Å². The first-order valence-corrected chi connectivity index (χ1v) is 3.81. The molecule has 0 N–H and O–H groups in total. The number of rotatable bonds is 0. The summed E-state index contributed by atoms with van der Waals surface area (Å²) in [5, 5.41) is 0. The molecule has 4 fully saturated rings. The van der Waals surface area contributed by atoms with Crippen LogP contribution in [-0.4, -0.2) is 0 Å². The predicted octanol–water partition coefficient (Wildman–Crippen LogP) is 2.05. The Morgan fingerprint density at radius 2 is 1.88 bits per heavy atom. The Bertz CT molecular complexity index is 136. The minimum atomic E-state index is 0.894. The molecular weight excluding hydrogens is 96.1 g/mol. The molecule has 0 spiro atoms. The zero-order valence-corrected chi connectivity index (χ0v) is 5.35. The molecule has 0 aromatic heterocycles. The van der Waals surface area contributed by atoms with Gasteiger partial charge in [0.05, 0.1) is 0 Å². The molecule has 0 radical (unpaired) electrons. The molecule has 4 aliphatic carbocycles. The van der Waals surface area contributed by atoms with E-state index in [1.807, 2.05) is 0 Å². The van der Waals surface area contributed by atoms with Gasteiger partial charge in [0.25, 0.3) is 0 Å². The van der Waals surface area contributed by atoms with E-state index >= 15 is 0 Å². The fourth-order valence-electron chi connectivity index (χ4n) is 3.54. The molecule has 3 unspecified atom stereocenters. The summed E-state index contributed by atoms with van der Waals surface area (Å²) >= 11 is 0. The molecule has 4 atom stereocenters. The molecule has 0 saturated heterocycles. The molecule has 0 nitrogen and oxygen atoms in total. The summed E-state index contributed by atoms with van der Waals surface area (Å²) in [5.74, 6) is 3.58. The largest absolute Gasteiger partial charge is 0.0591 e. The Kier molecular flexibility index (Phi) is 0.381. The van der Waals surface area contributed by atoms with Crippen LogP contribution in [-0.2, 0) is 0 Å². The second-order valence-electron chi connectivity index (χ2n) is 4.26. The first-order chi connectivity index (χ1) is 3.81. The lowest BCUT2D eigenvalue weighted by Crippen LogP contribution is -1.87. The van der Waals surface area contributed by atoms with Crippen molar-refractivity contribution in [2.45, 2.75) is 26.2 Å². The van der Waals surface area contributed by atoms with Crippen molar-refractivity contribution in [2.75, 3.05) is 0 Å². The van der Waals surface area contributed by atoms with E-state index in [1.165, 1.54) is 17.8 Å². The topological polar surface area (TPSA) is 0 Å². The molecule has 0 heteroatoms. The van der Waals surface area contributed by atoms with E-state index in [0.29, 0.717) is 0 Å². The van der Waals surface area contributed by atoms with Crippen LogP contribution in [0.2, 0.25) is 0 Å². The molecule has 4 saturated carbocycles. The van der Waals surface area contributed by atoms with Crippen molar-refractivity contribution in [3.05, 3.63) is 0 Å². The van der Waals surface area contributed by atoms with Crippen LogP contribution in [0.3, 0.4) is 0 Å². The molecule has 0 aliphatic heterocycles. The van der Waals surface area contributed by atoms with Gasteiger partial charge in [-0.3, -0.25) is 0 Å². The van der Waals surface area contributed by atoms with Gasteiger partial charge in [0, 0.05) is 0 Å². The normalized spacial score (nSPS) is 73.9. The van der Waals surface area contributed by atoms with Gasteiger partial charge in [-0.05, 0) is 42.4 Å². The summed E-state index contributed by atoms with van der Waals surface area (Å²) < 4.78 is 0. The maximum absolute atomic E-state index is 2.50. The molecule has 8 heavy (non-hydrogen) atoms. The lowest BCUT2D eigenvalue weighted by atomic mass is 10.1. The Hall–Kier alpha value is 0. The van der Waals surface area contributed by atoms with Gasteiger partial charge >= 0.3 is 0 Å². The van der Waals surface area contributed by atoms with Crippen molar-refractivity contribution in [1.29, 1.82) is 0 Å². The van der Waals surface area contributed by atoms with Crippen LogP contribution >= 0.6 is 0 Å². The van der Waals surface area contributed by atoms with Crippen molar-refractivity contribution >= 4 is 0 Å². The first kappa shape index (κ1) is 3.92. The van der Waals surface area contributed by atoms with E-state index in [2.05, 4.69) is 6.92 Å². The summed E-state index contributed by atoms with van der Waals surface area (Å²) in [4.78, 5) is 0. The SMILES string of the molecule is CC12CC3CC1[C@H]2C3. The average Bonchev–Trinajstić information content (AvgIpc) is 2.11. The fraction of sp³-hybridized carbons (Fsp3) is 1.00. The second-order valence-corrected chi connectivity index (χ2v) is 4.26. The third-order valence-electron chi connectivity index (χ3n) is 3.97. The Labute approximate surface area is 50.3 Å². The highest BCUT2D eigenvalue weighted by atomic mass is 14.8. The molecule has 0 aromatic rings. The van der Waals surface area contributed by atoms with E-state index in [4.69, 9.17) is 0 Å². The third-order valence-corrected chi connectivity index (χ3v) is 3.97. The lowest BCUT2D eigenvalue weighted by molar-refractivity contribution is 0.537. The molecule has 44 valence electrons. The molecule has 4 rings (SSSR count). The summed E-state index contributed by atoms with van der Waals surface area (Å²) in [5.41, 5.74) is 0.894. The van der Waals surface area contributed by atoms with Crippen LogP contribution in [0.25, 0.3) is 0 Å². The molecule has 0 aromatic carbocycles. The van der Waals surface area contributed by atoms with Crippen molar-refractivity contribution in [1.82, 2.24) is 0 Å². The molecule has 4 aliphatic rings. The van der Waals surface area contributed by atoms with Crippen LogP contribution in [0.5, 0.6) is 0 Å². The van der Waals surface area contributed by atoms with Gasteiger partial charge in [0.15, 0.2) is 0 Å². The van der Waals surface area contributed by atoms with Crippen LogP contribution < -0.4 is 0 Å². The van der Waals surface area contributed by atoms with Crippen LogP contribution in [0.15, 0.2) is 0 Å². The maximum atomic E-state index is 2.50. The van der Waals surface area contributed by atoms with Gasteiger partial charge in [-0.1, -0.05) is 6.92 Å². The van der Waals surface area contributed by atoms with Gasteiger partial charge in [0.1, 0.15) is 0 Å².